The lowest BCUT2D eigenvalue weighted by atomic mass is 9.90. The summed E-state index contributed by atoms with van der Waals surface area (Å²) in [5, 5.41) is 0. The number of nitrogens with two attached hydrogens (primary N) is 1. The standard InChI is InChI=1S/C29H27F3N2O4/c1-38-26(36)8-4-7-25(35)34-16-15-19-17-20(11-14-23(19)28(34)33)27(37)24-6-3-2-5-22(24)18-9-12-21(13-10-18)29(30,31)32/h2-3,5-6,9-14,17,28H,4,7-8,15-16,33H2,1H3. The van der Waals surface area contributed by atoms with Gasteiger partial charge in [0.2, 0.25) is 5.91 Å². The van der Waals surface area contributed by atoms with Crippen molar-refractivity contribution in [2.24, 2.45) is 5.73 Å². The highest BCUT2D eigenvalue weighted by Gasteiger charge is 2.31. The number of carbonyl (C=O) groups is 3. The minimum absolute atomic E-state index is 0.154. The van der Waals surface area contributed by atoms with Gasteiger partial charge in [0.05, 0.1) is 12.7 Å². The van der Waals surface area contributed by atoms with Gasteiger partial charge in [-0.2, -0.15) is 13.2 Å². The molecule has 3 aromatic carbocycles. The van der Waals surface area contributed by atoms with Crippen molar-refractivity contribution in [1.82, 2.24) is 4.90 Å². The first-order valence-corrected chi connectivity index (χ1v) is 12.2. The normalized spacial score (nSPS) is 15.1. The van der Waals surface area contributed by atoms with Crippen molar-refractivity contribution in [3.63, 3.8) is 0 Å². The number of halogens is 3. The molecular formula is C29H27F3N2O4. The van der Waals surface area contributed by atoms with E-state index < -0.39 is 17.9 Å². The zero-order chi connectivity index (χ0) is 27.4. The van der Waals surface area contributed by atoms with Crippen molar-refractivity contribution < 1.29 is 32.3 Å². The third-order valence-electron chi connectivity index (χ3n) is 6.70. The van der Waals surface area contributed by atoms with Crippen LogP contribution in [0.2, 0.25) is 0 Å². The third-order valence-corrected chi connectivity index (χ3v) is 6.70. The molecule has 38 heavy (non-hydrogen) atoms. The number of ketones is 1. The first-order valence-electron chi connectivity index (χ1n) is 12.2. The van der Waals surface area contributed by atoms with Crippen molar-refractivity contribution in [2.45, 2.75) is 38.0 Å². The van der Waals surface area contributed by atoms with Crippen LogP contribution in [0.25, 0.3) is 11.1 Å². The molecule has 0 bridgehead atoms. The van der Waals surface area contributed by atoms with Gasteiger partial charge in [0.25, 0.3) is 0 Å². The minimum Gasteiger partial charge on any atom is -0.469 e. The summed E-state index contributed by atoms with van der Waals surface area (Å²) in [6, 6.07) is 16.7. The molecule has 1 atom stereocenters. The van der Waals surface area contributed by atoms with Crippen molar-refractivity contribution >= 4 is 17.7 Å². The monoisotopic (exact) mass is 524 g/mol. The zero-order valence-corrected chi connectivity index (χ0v) is 20.8. The fourth-order valence-corrected chi connectivity index (χ4v) is 4.64. The van der Waals surface area contributed by atoms with Crippen LogP contribution in [0.4, 0.5) is 13.2 Å². The molecule has 198 valence electrons. The number of rotatable bonds is 7. The fourth-order valence-electron chi connectivity index (χ4n) is 4.64. The molecule has 1 aliphatic rings. The molecule has 0 saturated carbocycles. The van der Waals surface area contributed by atoms with E-state index >= 15 is 0 Å². The maximum absolute atomic E-state index is 13.5. The van der Waals surface area contributed by atoms with Gasteiger partial charge < -0.3 is 15.4 Å². The van der Waals surface area contributed by atoms with Gasteiger partial charge in [-0.3, -0.25) is 14.4 Å². The maximum Gasteiger partial charge on any atom is 0.416 e. The Morgan fingerprint density at radius 1 is 1.00 bits per heavy atom. The number of amides is 1. The summed E-state index contributed by atoms with van der Waals surface area (Å²) in [5.74, 6) is -0.793. The number of methoxy groups -OCH3 is 1. The molecule has 1 unspecified atom stereocenters. The summed E-state index contributed by atoms with van der Waals surface area (Å²) in [4.78, 5) is 39.0. The zero-order valence-electron chi connectivity index (χ0n) is 20.8. The maximum atomic E-state index is 13.5. The van der Waals surface area contributed by atoms with E-state index in [0.29, 0.717) is 41.6 Å². The number of ether oxygens (including phenoxy) is 1. The lowest BCUT2D eigenvalue weighted by molar-refractivity contribution is -0.141. The number of alkyl halides is 3. The van der Waals surface area contributed by atoms with Crippen molar-refractivity contribution in [3.8, 4) is 11.1 Å². The van der Waals surface area contributed by atoms with Crippen LogP contribution in [0.15, 0.2) is 66.7 Å². The SMILES string of the molecule is COC(=O)CCCC(=O)N1CCc2cc(C(=O)c3ccccc3-c3ccc(C(F)(F)F)cc3)ccc2C1N. The van der Waals surface area contributed by atoms with Gasteiger partial charge in [-0.05, 0) is 53.3 Å². The summed E-state index contributed by atoms with van der Waals surface area (Å²) < 4.78 is 43.5. The van der Waals surface area contributed by atoms with Gasteiger partial charge in [0.15, 0.2) is 5.78 Å². The molecule has 1 heterocycles. The Kier molecular flexibility index (Phi) is 7.97. The van der Waals surface area contributed by atoms with E-state index in [1.807, 2.05) is 0 Å². The number of benzene rings is 3. The van der Waals surface area contributed by atoms with Crippen LogP contribution >= 0.6 is 0 Å². The first-order chi connectivity index (χ1) is 18.1. The predicted molar refractivity (Wildman–Crippen MR) is 135 cm³/mol. The second-order valence-corrected chi connectivity index (χ2v) is 9.08. The molecule has 6 nitrogen and oxygen atoms in total. The summed E-state index contributed by atoms with van der Waals surface area (Å²) in [6.45, 7) is 0.380. The molecule has 0 saturated heterocycles. The fraction of sp³-hybridized carbons (Fsp3) is 0.276. The topological polar surface area (TPSA) is 89.7 Å². The van der Waals surface area contributed by atoms with E-state index in [2.05, 4.69) is 4.74 Å². The highest BCUT2D eigenvalue weighted by Crippen LogP contribution is 2.33. The highest BCUT2D eigenvalue weighted by atomic mass is 19.4. The Labute approximate surface area is 218 Å². The molecule has 1 amide bonds. The van der Waals surface area contributed by atoms with E-state index in [1.54, 1.807) is 47.4 Å². The van der Waals surface area contributed by atoms with Crippen LogP contribution in [-0.4, -0.2) is 36.2 Å². The number of esters is 1. The van der Waals surface area contributed by atoms with E-state index in [9.17, 15) is 27.6 Å². The summed E-state index contributed by atoms with van der Waals surface area (Å²) in [7, 11) is 1.30. The van der Waals surface area contributed by atoms with Gasteiger partial charge >= 0.3 is 12.1 Å². The lowest BCUT2D eigenvalue weighted by Gasteiger charge is -2.35. The van der Waals surface area contributed by atoms with E-state index in [4.69, 9.17) is 5.73 Å². The Morgan fingerprint density at radius 2 is 1.71 bits per heavy atom. The lowest BCUT2D eigenvalue weighted by Crippen LogP contribution is -2.44. The summed E-state index contributed by atoms with van der Waals surface area (Å²) in [5.41, 5.74) is 9.05. The quantitative estimate of drug-likeness (QED) is 0.335. The smallest absolute Gasteiger partial charge is 0.416 e. The molecule has 0 fully saturated rings. The molecule has 3 aromatic rings. The molecule has 0 aliphatic carbocycles. The molecule has 2 N–H and O–H groups in total. The van der Waals surface area contributed by atoms with E-state index in [-0.39, 0.29) is 30.5 Å². The van der Waals surface area contributed by atoms with Gasteiger partial charge in [-0.25, -0.2) is 0 Å². The Bertz CT molecular complexity index is 1350. The summed E-state index contributed by atoms with van der Waals surface area (Å²) >= 11 is 0. The second kappa shape index (κ2) is 11.2. The molecule has 0 spiro atoms. The van der Waals surface area contributed by atoms with Gasteiger partial charge in [0.1, 0.15) is 6.17 Å². The van der Waals surface area contributed by atoms with E-state index in [1.165, 1.54) is 19.2 Å². The number of fused-ring (bicyclic) bond motifs is 1. The average Bonchev–Trinajstić information content (AvgIpc) is 2.92. The van der Waals surface area contributed by atoms with Crippen LogP contribution in [0, 0.1) is 0 Å². The highest BCUT2D eigenvalue weighted by molar-refractivity contribution is 6.13. The Morgan fingerprint density at radius 3 is 2.39 bits per heavy atom. The van der Waals surface area contributed by atoms with Gasteiger partial charge in [-0.15, -0.1) is 0 Å². The van der Waals surface area contributed by atoms with Crippen LogP contribution in [0.5, 0.6) is 0 Å². The predicted octanol–water partition coefficient (Wildman–Crippen LogP) is 5.29. The van der Waals surface area contributed by atoms with Crippen LogP contribution in [0.1, 0.15) is 58.0 Å². The van der Waals surface area contributed by atoms with E-state index in [0.717, 1.165) is 23.3 Å². The average molecular weight is 525 g/mol. The number of hydrogen-bond acceptors (Lipinski definition) is 5. The molecule has 4 rings (SSSR count). The largest absolute Gasteiger partial charge is 0.469 e. The first kappa shape index (κ1) is 27.1. The molecule has 9 heteroatoms. The van der Waals surface area contributed by atoms with Crippen LogP contribution in [-0.2, 0) is 26.9 Å². The molecule has 0 radical (unpaired) electrons. The number of nitrogens with zero attached hydrogens (tertiary/aromatic N) is 1. The Balaban J connectivity index is 1.53. The van der Waals surface area contributed by atoms with Crippen molar-refractivity contribution in [2.75, 3.05) is 13.7 Å². The minimum atomic E-state index is -4.44. The Hall–Kier alpha value is -3.98. The molecular weight excluding hydrogens is 497 g/mol. The third kappa shape index (κ3) is 5.78. The summed E-state index contributed by atoms with van der Waals surface area (Å²) in [6.07, 6.45) is -3.91. The number of carbonyl (C=O) groups excluding carboxylic acids is 3. The van der Waals surface area contributed by atoms with Gasteiger partial charge in [0, 0.05) is 30.5 Å². The van der Waals surface area contributed by atoms with Crippen molar-refractivity contribution in [3.05, 3.63) is 94.5 Å². The second-order valence-electron chi connectivity index (χ2n) is 9.08. The number of hydrogen-bond donors (Lipinski definition) is 1. The molecule has 1 aliphatic heterocycles. The van der Waals surface area contributed by atoms with Gasteiger partial charge in [-0.1, -0.05) is 48.5 Å². The van der Waals surface area contributed by atoms with Crippen molar-refractivity contribution in [1.29, 1.82) is 0 Å². The van der Waals surface area contributed by atoms with Crippen LogP contribution < -0.4 is 5.73 Å². The van der Waals surface area contributed by atoms with Crippen LogP contribution in [0.3, 0.4) is 0 Å². The molecule has 0 aromatic heterocycles.